The standard InChI is InChI=1S/C34H28ClNO2S/c1-34(2,3)21-7-11-28-26(17-21)32-29(38-5)12-10-27(35)33(32)36(28)22-8-6-19-16-31-24(15-20(19)14-22)25-18-23(37-4)9-13-30(25)39-31/h6-18H,1-5H3. The lowest BCUT2D eigenvalue weighted by Crippen LogP contribution is -2.10. The van der Waals surface area contributed by atoms with Gasteiger partial charge in [0.25, 0.3) is 0 Å². The Labute approximate surface area is 236 Å². The van der Waals surface area contributed by atoms with Crippen molar-refractivity contribution < 1.29 is 9.47 Å². The fourth-order valence-corrected chi connectivity index (χ4v) is 7.09. The first kappa shape index (κ1) is 24.3. The van der Waals surface area contributed by atoms with Gasteiger partial charge >= 0.3 is 0 Å². The molecule has 0 unspecified atom stereocenters. The van der Waals surface area contributed by atoms with Crippen LogP contribution in [0.2, 0.25) is 5.02 Å². The molecule has 39 heavy (non-hydrogen) atoms. The molecule has 5 heteroatoms. The van der Waals surface area contributed by atoms with E-state index in [0.29, 0.717) is 5.02 Å². The predicted molar refractivity (Wildman–Crippen MR) is 168 cm³/mol. The van der Waals surface area contributed by atoms with E-state index in [1.165, 1.54) is 36.5 Å². The summed E-state index contributed by atoms with van der Waals surface area (Å²) in [6, 6.07) is 28.2. The molecule has 0 aliphatic carbocycles. The van der Waals surface area contributed by atoms with E-state index in [1.807, 2.05) is 29.5 Å². The molecular formula is C34H28ClNO2S. The largest absolute Gasteiger partial charge is 0.497 e. The number of ether oxygens (including phenoxy) is 2. The number of aromatic nitrogens is 1. The number of nitrogens with zero attached hydrogens (tertiary/aromatic N) is 1. The molecule has 0 aliphatic heterocycles. The van der Waals surface area contributed by atoms with E-state index in [2.05, 4.69) is 86.0 Å². The zero-order valence-corrected chi connectivity index (χ0v) is 24.1. The quantitative estimate of drug-likeness (QED) is 0.219. The number of thiophene rings is 1. The van der Waals surface area contributed by atoms with Gasteiger partial charge < -0.3 is 14.0 Å². The number of halogens is 1. The summed E-state index contributed by atoms with van der Waals surface area (Å²) in [7, 11) is 3.44. The Balaban J connectivity index is 1.54. The van der Waals surface area contributed by atoms with Gasteiger partial charge in [-0.3, -0.25) is 0 Å². The SMILES string of the molecule is COc1ccc2sc3cc4ccc(-n5c6ccc(C(C)(C)C)cc6c6c(OC)ccc(Cl)c65)cc4cc3c2c1. The Morgan fingerprint density at radius 1 is 0.718 bits per heavy atom. The van der Waals surface area contributed by atoms with E-state index >= 15 is 0 Å². The minimum absolute atomic E-state index is 0.0226. The second-order valence-electron chi connectivity index (χ2n) is 11.1. The molecule has 5 aromatic carbocycles. The lowest BCUT2D eigenvalue weighted by atomic mass is 9.86. The van der Waals surface area contributed by atoms with Crippen LogP contribution in [0, 0.1) is 0 Å². The predicted octanol–water partition coefficient (Wildman–Crippen LogP) is 10.3. The van der Waals surface area contributed by atoms with E-state index in [-0.39, 0.29) is 5.41 Å². The summed E-state index contributed by atoms with van der Waals surface area (Å²) < 4.78 is 16.2. The first-order chi connectivity index (χ1) is 18.8. The highest BCUT2D eigenvalue weighted by Crippen LogP contribution is 2.43. The van der Waals surface area contributed by atoms with Gasteiger partial charge in [0, 0.05) is 31.2 Å². The van der Waals surface area contributed by atoms with Crippen LogP contribution >= 0.6 is 22.9 Å². The first-order valence-corrected chi connectivity index (χ1v) is 14.2. The van der Waals surface area contributed by atoms with E-state index in [9.17, 15) is 0 Å². The third-order valence-corrected chi connectivity index (χ3v) is 9.22. The second-order valence-corrected chi connectivity index (χ2v) is 12.6. The molecule has 194 valence electrons. The van der Waals surface area contributed by atoms with Crippen LogP contribution in [0.25, 0.3) is 58.4 Å². The van der Waals surface area contributed by atoms with Crippen molar-refractivity contribution in [2.24, 2.45) is 0 Å². The Morgan fingerprint density at radius 3 is 2.31 bits per heavy atom. The van der Waals surface area contributed by atoms with Gasteiger partial charge in [0.15, 0.2) is 0 Å². The summed E-state index contributed by atoms with van der Waals surface area (Å²) in [4.78, 5) is 0. The maximum Gasteiger partial charge on any atom is 0.128 e. The molecule has 0 saturated heterocycles. The zero-order valence-electron chi connectivity index (χ0n) is 22.6. The lowest BCUT2D eigenvalue weighted by molar-refractivity contribution is 0.415. The third-order valence-electron chi connectivity index (χ3n) is 7.78. The summed E-state index contributed by atoms with van der Waals surface area (Å²) >= 11 is 8.75. The van der Waals surface area contributed by atoms with Crippen LogP contribution in [0.4, 0.5) is 0 Å². The number of hydrogen-bond acceptors (Lipinski definition) is 3. The summed E-state index contributed by atoms with van der Waals surface area (Å²) in [5.74, 6) is 1.70. The van der Waals surface area contributed by atoms with E-state index in [0.717, 1.165) is 39.0 Å². The molecule has 0 spiro atoms. The number of methoxy groups -OCH3 is 2. The number of rotatable bonds is 3. The van der Waals surface area contributed by atoms with E-state index in [1.54, 1.807) is 14.2 Å². The third kappa shape index (κ3) is 3.70. The van der Waals surface area contributed by atoms with Crippen molar-refractivity contribution in [3.8, 4) is 17.2 Å². The molecule has 2 aromatic heterocycles. The van der Waals surface area contributed by atoms with Gasteiger partial charge in [0.1, 0.15) is 11.5 Å². The molecule has 0 N–H and O–H groups in total. The number of hydrogen-bond donors (Lipinski definition) is 0. The van der Waals surface area contributed by atoms with Gasteiger partial charge in [-0.15, -0.1) is 11.3 Å². The molecule has 2 heterocycles. The second kappa shape index (κ2) is 8.64. The number of benzene rings is 5. The van der Waals surface area contributed by atoms with E-state index in [4.69, 9.17) is 21.1 Å². The molecule has 7 rings (SSSR count). The van der Waals surface area contributed by atoms with Crippen molar-refractivity contribution in [3.05, 3.63) is 89.4 Å². The Morgan fingerprint density at radius 2 is 1.54 bits per heavy atom. The average molecular weight is 550 g/mol. The van der Waals surface area contributed by atoms with Crippen molar-refractivity contribution in [1.29, 1.82) is 0 Å². The van der Waals surface area contributed by atoms with Gasteiger partial charge in [-0.2, -0.15) is 0 Å². The van der Waals surface area contributed by atoms with Crippen molar-refractivity contribution in [1.82, 2.24) is 4.57 Å². The summed E-state index contributed by atoms with van der Waals surface area (Å²) in [6.45, 7) is 6.72. The maximum atomic E-state index is 6.93. The first-order valence-electron chi connectivity index (χ1n) is 13.0. The van der Waals surface area contributed by atoms with Crippen LogP contribution in [-0.4, -0.2) is 18.8 Å². The van der Waals surface area contributed by atoms with Gasteiger partial charge in [0.2, 0.25) is 0 Å². The molecular weight excluding hydrogens is 522 g/mol. The Kier molecular flexibility index (Phi) is 5.39. The molecule has 0 fully saturated rings. The van der Waals surface area contributed by atoms with Crippen molar-refractivity contribution in [3.63, 3.8) is 0 Å². The van der Waals surface area contributed by atoms with Crippen molar-refractivity contribution >= 4 is 75.7 Å². The van der Waals surface area contributed by atoms with Crippen LogP contribution in [-0.2, 0) is 5.41 Å². The normalized spacial score (nSPS) is 12.4. The lowest BCUT2D eigenvalue weighted by Gasteiger charge is -2.19. The molecule has 7 aromatic rings. The Hall–Kier alpha value is -3.73. The van der Waals surface area contributed by atoms with Gasteiger partial charge in [0.05, 0.1) is 35.7 Å². The smallest absolute Gasteiger partial charge is 0.128 e. The van der Waals surface area contributed by atoms with Crippen LogP contribution in [0.5, 0.6) is 11.5 Å². The maximum absolute atomic E-state index is 6.93. The molecule has 0 amide bonds. The highest BCUT2D eigenvalue weighted by Gasteiger charge is 2.22. The number of fused-ring (bicyclic) bond motifs is 7. The Bertz CT molecular complexity index is 2090. The molecule has 0 aliphatic rings. The fourth-order valence-electron chi connectivity index (χ4n) is 5.73. The molecule has 0 bridgehead atoms. The molecule has 0 atom stereocenters. The van der Waals surface area contributed by atoms with Crippen molar-refractivity contribution in [2.45, 2.75) is 26.2 Å². The highest BCUT2D eigenvalue weighted by atomic mass is 35.5. The summed E-state index contributed by atoms with van der Waals surface area (Å²) in [5, 5.41) is 7.75. The topological polar surface area (TPSA) is 23.4 Å². The van der Waals surface area contributed by atoms with Crippen LogP contribution < -0.4 is 9.47 Å². The van der Waals surface area contributed by atoms with E-state index < -0.39 is 0 Å². The minimum Gasteiger partial charge on any atom is -0.497 e. The fraction of sp³-hybridized carbons (Fsp3) is 0.176. The van der Waals surface area contributed by atoms with Crippen molar-refractivity contribution in [2.75, 3.05) is 14.2 Å². The average Bonchev–Trinajstić information content (AvgIpc) is 3.46. The monoisotopic (exact) mass is 549 g/mol. The van der Waals surface area contributed by atoms with Gasteiger partial charge in [-0.1, -0.05) is 44.5 Å². The van der Waals surface area contributed by atoms with Gasteiger partial charge in [-0.25, -0.2) is 0 Å². The highest BCUT2D eigenvalue weighted by molar-refractivity contribution is 7.25. The van der Waals surface area contributed by atoms with Gasteiger partial charge in [-0.05, 0) is 88.5 Å². The molecule has 0 radical (unpaired) electrons. The minimum atomic E-state index is 0.0226. The van der Waals surface area contributed by atoms with Crippen LogP contribution in [0.3, 0.4) is 0 Å². The molecule has 3 nitrogen and oxygen atoms in total. The summed E-state index contributed by atoms with van der Waals surface area (Å²) in [5.41, 5.74) is 4.43. The molecule has 0 saturated carbocycles. The van der Waals surface area contributed by atoms with Crippen LogP contribution in [0.1, 0.15) is 26.3 Å². The zero-order chi connectivity index (χ0) is 27.1. The van der Waals surface area contributed by atoms with Crippen LogP contribution in [0.15, 0.2) is 78.9 Å². The summed E-state index contributed by atoms with van der Waals surface area (Å²) in [6.07, 6.45) is 0.